The average Bonchev–Trinajstić information content (AvgIpc) is 2.35. The third kappa shape index (κ3) is 5.84. The highest BCUT2D eigenvalue weighted by molar-refractivity contribution is 7.89. The lowest BCUT2D eigenvalue weighted by Crippen LogP contribution is -2.44. The van der Waals surface area contributed by atoms with Crippen molar-refractivity contribution in [3.05, 3.63) is 29.8 Å². The summed E-state index contributed by atoms with van der Waals surface area (Å²) in [6, 6.07) is 6.43. The van der Waals surface area contributed by atoms with Gasteiger partial charge in [-0.1, -0.05) is 18.2 Å². The van der Waals surface area contributed by atoms with E-state index < -0.39 is 21.7 Å². The fraction of sp³-hybridized carbons (Fsp3) is 0.562. The quantitative estimate of drug-likeness (QED) is 0.892. The standard InChI is InChI=1S/C16H26N2O4S/c1-12-9-7-8-10-14(12)23(20,21)18(6)11-13(2)17-15(19)22-16(3,4)5/h7-10,13H,11H2,1-6H3,(H,17,19)/t13-/m1/s1. The van der Waals surface area contributed by atoms with E-state index in [1.54, 1.807) is 58.9 Å². The molecule has 130 valence electrons. The zero-order chi connectivity index (χ0) is 17.8. The van der Waals surface area contributed by atoms with Gasteiger partial charge in [-0.2, -0.15) is 4.31 Å². The Morgan fingerprint density at radius 1 is 1.30 bits per heavy atom. The molecule has 0 unspecified atom stereocenters. The van der Waals surface area contributed by atoms with Crippen LogP contribution in [-0.2, 0) is 14.8 Å². The van der Waals surface area contributed by atoms with Crippen LogP contribution in [0.25, 0.3) is 0 Å². The summed E-state index contributed by atoms with van der Waals surface area (Å²) in [5.41, 5.74) is 0.0928. The Hall–Kier alpha value is -1.60. The van der Waals surface area contributed by atoms with Crippen LogP contribution in [0, 0.1) is 6.92 Å². The molecule has 1 aromatic carbocycles. The number of likely N-dealkylation sites (N-methyl/N-ethyl adjacent to an activating group) is 1. The zero-order valence-corrected chi connectivity index (χ0v) is 15.4. The molecule has 0 aliphatic rings. The van der Waals surface area contributed by atoms with E-state index in [1.807, 2.05) is 0 Å². The van der Waals surface area contributed by atoms with Gasteiger partial charge in [-0.05, 0) is 46.2 Å². The zero-order valence-electron chi connectivity index (χ0n) is 14.6. The summed E-state index contributed by atoms with van der Waals surface area (Å²) in [5.74, 6) is 0. The topological polar surface area (TPSA) is 75.7 Å². The molecular formula is C16H26N2O4S. The van der Waals surface area contributed by atoms with E-state index >= 15 is 0 Å². The van der Waals surface area contributed by atoms with Crippen LogP contribution in [0.3, 0.4) is 0 Å². The highest BCUT2D eigenvalue weighted by Crippen LogP contribution is 2.18. The van der Waals surface area contributed by atoms with Crippen LogP contribution in [0.5, 0.6) is 0 Å². The maximum atomic E-state index is 12.6. The Kier molecular flexibility index (Phi) is 6.18. The molecule has 0 aliphatic carbocycles. The molecule has 0 saturated carbocycles. The summed E-state index contributed by atoms with van der Waals surface area (Å²) in [7, 11) is -2.10. The summed E-state index contributed by atoms with van der Waals surface area (Å²) < 4.78 is 31.6. The van der Waals surface area contributed by atoms with E-state index in [0.29, 0.717) is 5.56 Å². The number of rotatable bonds is 5. The molecule has 7 heteroatoms. The molecule has 0 saturated heterocycles. The number of alkyl carbamates (subject to hydrolysis) is 1. The molecule has 0 fully saturated rings. The largest absolute Gasteiger partial charge is 0.444 e. The fourth-order valence-electron chi connectivity index (χ4n) is 2.05. The molecule has 0 bridgehead atoms. The lowest BCUT2D eigenvalue weighted by Gasteiger charge is -2.25. The number of carbonyl (C=O) groups is 1. The van der Waals surface area contributed by atoms with Gasteiger partial charge in [-0.15, -0.1) is 0 Å². The molecule has 0 aromatic heterocycles. The predicted molar refractivity (Wildman–Crippen MR) is 89.8 cm³/mol. The van der Waals surface area contributed by atoms with Crippen molar-refractivity contribution in [3.8, 4) is 0 Å². The highest BCUT2D eigenvalue weighted by Gasteiger charge is 2.25. The molecule has 0 spiro atoms. The van der Waals surface area contributed by atoms with Crippen molar-refractivity contribution >= 4 is 16.1 Å². The number of carbonyl (C=O) groups excluding carboxylic acids is 1. The van der Waals surface area contributed by atoms with Crippen molar-refractivity contribution in [1.82, 2.24) is 9.62 Å². The van der Waals surface area contributed by atoms with E-state index in [2.05, 4.69) is 5.32 Å². The number of aryl methyl sites for hydroxylation is 1. The minimum Gasteiger partial charge on any atom is -0.444 e. The molecule has 1 rings (SSSR count). The molecule has 1 atom stereocenters. The summed E-state index contributed by atoms with van der Waals surface area (Å²) in [5, 5.41) is 2.64. The van der Waals surface area contributed by atoms with Gasteiger partial charge in [0.05, 0.1) is 4.90 Å². The molecule has 6 nitrogen and oxygen atoms in total. The molecule has 1 aromatic rings. The Morgan fingerprint density at radius 2 is 1.87 bits per heavy atom. The number of nitrogens with one attached hydrogen (secondary N) is 1. The molecule has 0 heterocycles. The van der Waals surface area contributed by atoms with Crippen LogP contribution in [0.2, 0.25) is 0 Å². The maximum absolute atomic E-state index is 12.6. The first kappa shape index (κ1) is 19.4. The average molecular weight is 342 g/mol. The van der Waals surface area contributed by atoms with Crippen LogP contribution in [-0.4, -0.2) is 44.1 Å². The summed E-state index contributed by atoms with van der Waals surface area (Å²) >= 11 is 0. The Bertz CT molecular complexity index is 650. The second-order valence-corrected chi connectivity index (χ2v) is 8.61. The number of amides is 1. The van der Waals surface area contributed by atoms with Crippen molar-refractivity contribution in [2.24, 2.45) is 0 Å². The number of hydrogen-bond donors (Lipinski definition) is 1. The van der Waals surface area contributed by atoms with Crippen LogP contribution in [0.15, 0.2) is 29.2 Å². The predicted octanol–water partition coefficient (Wildman–Crippen LogP) is 2.53. The summed E-state index contributed by atoms with van der Waals surface area (Å²) in [6.45, 7) is 8.94. The Balaban J connectivity index is 2.73. The molecule has 23 heavy (non-hydrogen) atoms. The van der Waals surface area contributed by atoms with E-state index in [-0.39, 0.29) is 17.5 Å². The second-order valence-electron chi connectivity index (χ2n) is 6.60. The summed E-state index contributed by atoms with van der Waals surface area (Å²) in [6.07, 6.45) is -0.563. The van der Waals surface area contributed by atoms with E-state index in [9.17, 15) is 13.2 Å². The van der Waals surface area contributed by atoms with Gasteiger partial charge in [0, 0.05) is 19.6 Å². The number of sulfonamides is 1. The van der Waals surface area contributed by atoms with Gasteiger partial charge in [0.25, 0.3) is 0 Å². The highest BCUT2D eigenvalue weighted by atomic mass is 32.2. The summed E-state index contributed by atoms with van der Waals surface area (Å²) in [4.78, 5) is 12.0. The van der Waals surface area contributed by atoms with Gasteiger partial charge in [0.2, 0.25) is 10.0 Å². The van der Waals surface area contributed by atoms with E-state index in [1.165, 1.54) is 11.4 Å². The first-order valence-electron chi connectivity index (χ1n) is 7.45. The van der Waals surface area contributed by atoms with Crippen molar-refractivity contribution < 1.29 is 17.9 Å². The van der Waals surface area contributed by atoms with Crippen molar-refractivity contribution in [3.63, 3.8) is 0 Å². The molecule has 0 radical (unpaired) electrons. The SMILES string of the molecule is Cc1ccccc1S(=O)(=O)N(C)C[C@@H](C)NC(=O)OC(C)(C)C. The maximum Gasteiger partial charge on any atom is 0.407 e. The minimum atomic E-state index is -3.59. The van der Waals surface area contributed by atoms with Gasteiger partial charge in [-0.25, -0.2) is 13.2 Å². The Morgan fingerprint density at radius 3 is 2.39 bits per heavy atom. The van der Waals surface area contributed by atoms with Crippen molar-refractivity contribution in [2.45, 2.75) is 51.2 Å². The smallest absolute Gasteiger partial charge is 0.407 e. The number of hydrogen-bond acceptors (Lipinski definition) is 4. The lowest BCUT2D eigenvalue weighted by atomic mass is 10.2. The Labute approximate surface area is 138 Å². The van der Waals surface area contributed by atoms with Crippen molar-refractivity contribution in [2.75, 3.05) is 13.6 Å². The second kappa shape index (κ2) is 7.31. The van der Waals surface area contributed by atoms with Crippen LogP contribution >= 0.6 is 0 Å². The number of ether oxygens (including phenoxy) is 1. The molecule has 0 aliphatic heterocycles. The third-order valence-electron chi connectivity index (χ3n) is 3.08. The fourth-order valence-corrected chi connectivity index (χ4v) is 3.53. The molecule has 1 N–H and O–H groups in total. The van der Waals surface area contributed by atoms with Gasteiger partial charge in [-0.3, -0.25) is 0 Å². The first-order valence-corrected chi connectivity index (χ1v) is 8.89. The minimum absolute atomic E-state index is 0.149. The van der Waals surface area contributed by atoms with E-state index in [4.69, 9.17) is 4.74 Å². The first-order chi connectivity index (χ1) is 10.4. The van der Waals surface area contributed by atoms with Crippen molar-refractivity contribution in [1.29, 1.82) is 0 Å². The van der Waals surface area contributed by atoms with Gasteiger partial charge < -0.3 is 10.1 Å². The van der Waals surface area contributed by atoms with Gasteiger partial charge in [0.15, 0.2) is 0 Å². The third-order valence-corrected chi connectivity index (χ3v) is 5.06. The van der Waals surface area contributed by atoms with Crippen LogP contribution < -0.4 is 5.32 Å². The number of benzene rings is 1. The van der Waals surface area contributed by atoms with Crippen LogP contribution in [0.1, 0.15) is 33.3 Å². The normalized spacial score (nSPS) is 13.7. The van der Waals surface area contributed by atoms with E-state index in [0.717, 1.165) is 0 Å². The van der Waals surface area contributed by atoms with Gasteiger partial charge in [0.1, 0.15) is 5.60 Å². The van der Waals surface area contributed by atoms with Crippen LogP contribution in [0.4, 0.5) is 4.79 Å². The molecule has 1 amide bonds. The molecular weight excluding hydrogens is 316 g/mol. The lowest BCUT2D eigenvalue weighted by molar-refractivity contribution is 0.0504. The monoisotopic (exact) mass is 342 g/mol. The number of nitrogens with zero attached hydrogens (tertiary/aromatic N) is 1. The van der Waals surface area contributed by atoms with Gasteiger partial charge >= 0.3 is 6.09 Å².